The number of hydrogen-bond acceptors (Lipinski definition) is 1. The maximum Gasteiger partial charge on any atom is 0.313 e. The largest absolute Gasteiger partial charge is 0.313 e. The molecule has 0 aliphatic rings. The fourth-order valence-corrected chi connectivity index (χ4v) is 0. The van der Waals surface area contributed by atoms with Crippen molar-refractivity contribution in [3.05, 3.63) is 0 Å². The van der Waals surface area contributed by atoms with Crippen LogP contribution < -0.4 is 0 Å². The molecule has 0 atom stereocenters. The van der Waals surface area contributed by atoms with E-state index in [1.807, 2.05) is 0 Å². The Kier molecular flexibility index (Phi) is 10.7. The van der Waals surface area contributed by atoms with Crippen LogP contribution in [-0.4, -0.2) is 42.4 Å². The summed E-state index contributed by atoms with van der Waals surface area (Å²) in [6.45, 7) is 0. The molecule has 0 bridgehead atoms. The molecular formula is CCaCl2O. The second kappa shape index (κ2) is 5.51. The molecule has 4 heteroatoms. The minimum atomic E-state index is -0.889. The molecule has 26 valence electrons. The van der Waals surface area contributed by atoms with E-state index < -0.39 is 4.70 Å². The van der Waals surface area contributed by atoms with Crippen molar-refractivity contribution >= 4 is 65.6 Å². The first-order valence-electron chi connectivity index (χ1n) is 0.582. The number of carbonyl (C=O) groups excluding carboxylic acids is 1. The van der Waals surface area contributed by atoms with E-state index in [0.29, 0.717) is 0 Å². The van der Waals surface area contributed by atoms with E-state index in [1.54, 1.807) is 0 Å². The molecule has 0 heterocycles. The van der Waals surface area contributed by atoms with E-state index in [0.717, 1.165) is 0 Å². The van der Waals surface area contributed by atoms with Gasteiger partial charge in [0.05, 0.1) is 0 Å². The van der Waals surface area contributed by atoms with Crippen LogP contribution in [-0.2, 0) is 0 Å². The zero-order valence-electron chi connectivity index (χ0n) is 2.37. The summed E-state index contributed by atoms with van der Waals surface area (Å²) in [6.07, 6.45) is 0. The molecule has 0 fully saturated rings. The van der Waals surface area contributed by atoms with E-state index in [1.165, 1.54) is 0 Å². The van der Waals surface area contributed by atoms with Gasteiger partial charge >= 0.3 is 4.70 Å². The van der Waals surface area contributed by atoms with Crippen LogP contribution in [0.3, 0.4) is 0 Å². The second-order valence-electron chi connectivity index (χ2n) is 0.226. The Morgan fingerprint density at radius 3 is 1.40 bits per heavy atom. The maximum atomic E-state index is 8.98. The van der Waals surface area contributed by atoms with Gasteiger partial charge in [0.25, 0.3) is 0 Å². The average molecular weight is 139 g/mol. The fraction of sp³-hybridized carbons (Fsp3) is 0. The summed E-state index contributed by atoms with van der Waals surface area (Å²) in [4.78, 5) is 8.98. The van der Waals surface area contributed by atoms with E-state index in [2.05, 4.69) is 23.2 Å². The van der Waals surface area contributed by atoms with Crippen LogP contribution in [0.5, 0.6) is 0 Å². The van der Waals surface area contributed by atoms with Gasteiger partial charge < -0.3 is 0 Å². The third kappa shape index (κ3) is 29.8. The van der Waals surface area contributed by atoms with Crippen molar-refractivity contribution in [2.75, 3.05) is 0 Å². The van der Waals surface area contributed by atoms with E-state index in [4.69, 9.17) is 4.79 Å². The van der Waals surface area contributed by atoms with Gasteiger partial charge in [0.1, 0.15) is 0 Å². The molecule has 1 nitrogen and oxygen atoms in total. The molecule has 0 amide bonds. The molecule has 0 spiro atoms. The molecule has 0 saturated heterocycles. The Hall–Kier alpha value is 1.51. The van der Waals surface area contributed by atoms with Crippen LogP contribution in [0, 0.1) is 0 Å². The monoisotopic (exact) mass is 138 g/mol. The summed E-state index contributed by atoms with van der Waals surface area (Å²) in [6, 6.07) is 0. The molecule has 2 radical (unpaired) electrons. The smallest absolute Gasteiger partial charge is 0.262 e. The van der Waals surface area contributed by atoms with Crippen molar-refractivity contribution in [1.29, 1.82) is 0 Å². The number of halogens is 2. The summed E-state index contributed by atoms with van der Waals surface area (Å²) in [7, 11) is 0. The predicted molar refractivity (Wildman–Crippen MR) is 22.9 cm³/mol. The molecule has 0 saturated carbocycles. The third-order valence-corrected chi connectivity index (χ3v) is 0. The summed E-state index contributed by atoms with van der Waals surface area (Å²) >= 11 is 8.80. The summed E-state index contributed by atoms with van der Waals surface area (Å²) < 4.78 is -0.889. The Balaban J connectivity index is 0. The second-order valence-corrected chi connectivity index (χ2v) is 1.11. The minimum absolute atomic E-state index is 0. The summed E-state index contributed by atoms with van der Waals surface area (Å²) in [5.41, 5.74) is 0. The van der Waals surface area contributed by atoms with Gasteiger partial charge in [-0.3, -0.25) is 4.79 Å². The van der Waals surface area contributed by atoms with E-state index in [-0.39, 0.29) is 37.7 Å². The van der Waals surface area contributed by atoms with Crippen LogP contribution in [0.1, 0.15) is 0 Å². The quantitative estimate of drug-likeness (QED) is 0.364. The zero-order chi connectivity index (χ0) is 3.58. The Morgan fingerprint density at radius 2 is 1.40 bits per heavy atom. The van der Waals surface area contributed by atoms with Crippen molar-refractivity contribution in [2.24, 2.45) is 0 Å². The van der Waals surface area contributed by atoms with Gasteiger partial charge in [-0.05, 0) is 23.2 Å². The van der Waals surface area contributed by atoms with Gasteiger partial charge in [0.2, 0.25) is 0 Å². The van der Waals surface area contributed by atoms with Crippen LogP contribution in [0.2, 0.25) is 0 Å². The number of rotatable bonds is 0. The maximum absolute atomic E-state index is 8.98. The van der Waals surface area contributed by atoms with Gasteiger partial charge in [-0.15, -0.1) is 0 Å². The minimum Gasteiger partial charge on any atom is -0.262 e. The molecule has 0 aromatic heterocycles. The van der Waals surface area contributed by atoms with Crippen LogP contribution in [0.4, 0.5) is 4.79 Å². The molecule has 0 rings (SSSR count). The van der Waals surface area contributed by atoms with Gasteiger partial charge in [0.15, 0.2) is 0 Å². The molecule has 0 N–H and O–H groups in total. The Morgan fingerprint density at radius 1 is 1.40 bits per heavy atom. The standard InChI is InChI=1S/CCl2O.Ca/c2-1(3)4;. The summed E-state index contributed by atoms with van der Waals surface area (Å²) in [5.74, 6) is 0. The third-order valence-electron chi connectivity index (χ3n) is 0. The predicted octanol–water partition coefficient (Wildman–Crippen LogP) is 1.20. The topological polar surface area (TPSA) is 17.1 Å². The first-order valence-corrected chi connectivity index (χ1v) is 1.34. The van der Waals surface area contributed by atoms with Gasteiger partial charge in [-0.1, -0.05) is 0 Å². The molecule has 0 unspecified atom stereocenters. The molecular weight excluding hydrogens is 139 g/mol. The van der Waals surface area contributed by atoms with Gasteiger partial charge in [-0.2, -0.15) is 0 Å². The summed E-state index contributed by atoms with van der Waals surface area (Å²) in [5, 5.41) is 0. The fourth-order valence-electron chi connectivity index (χ4n) is 0. The van der Waals surface area contributed by atoms with Crippen LogP contribution in [0.25, 0.3) is 0 Å². The van der Waals surface area contributed by atoms with Crippen molar-refractivity contribution in [1.82, 2.24) is 0 Å². The van der Waals surface area contributed by atoms with Crippen molar-refractivity contribution in [2.45, 2.75) is 0 Å². The first kappa shape index (κ1) is 9.72. The molecule has 0 aliphatic carbocycles. The van der Waals surface area contributed by atoms with Crippen LogP contribution >= 0.6 is 23.2 Å². The Labute approximate surface area is 69.6 Å². The van der Waals surface area contributed by atoms with Crippen LogP contribution in [0.15, 0.2) is 0 Å². The zero-order valence-corrected chi connectivity index (χ0v) is 6.09. The first-order chi connectivity index (χ1) is 1.73. The molecule has 5 heavy (non-hydrogen) atoms. The number of hydrogen-bond donors (Lipinski definition) is 0. The van der Waals surface area contributed by atoms with E-state index in [9.17, 15) is 0 Å². The average Bonchev–Trinajstić information content (AvgIpc) is 0.811. The molecule has 0 aliphatic heterocycles. The van der Waals surface area contributed by atoms with Crippen molar-refractivity contribution < 1.29 is 4.79 Å². The normalized spacial score (nSPS) is 5.20. The SMILES string of the molecule is O=C(Cl)Cl.[Ca]. The Bertz CT molecular complexity index is 32.6. The molecule has 0 aromatic rings. The van der Waals surface area contributed by atoms with E-state index >= 15 is 0 Å². The molecule has 0 aromatic carbocycles. The van der Waals surface area contributed by atoms with Gasteiger partial charge in [-0.25, -0.2) is 0 Å². The number of carbonyl (C=O) groups is 1. The van der Waals surface area contributed by atoms with Gasteiger partial charge in [0, 0.05) is 37.7 Å². The van der Waals surface area contributed by atoms with Crippen molar-refractivity contribution in [3.8, 4) is 0 Å². The van der Waals surface area contributed by atoms with Crippen molar-refractivity contribution in [3.63, 3.8) is 0 Å².